The van der Waals surface area contributed by atoms with Crippen LogP contribution < -0.4 is 11.1 Å². The number of aromatic nitrogens is 2. The molecule has 0 bridgehead atoms. The zero-order valence-corrected chi connectivity index (χ0v) is 10.4. The Morgan fingerprint density at radius 1 is 1.44 bits per heavy atom. The van der Waals surface area contributed by atoms with Crippen LogP contribution in [0.2, 0.25) is 0 Å². The number of hydrogen-bond acceptors (Lipinski definition) is 3. The molecule has 0 aliphatic heterocycles. The number of carbonyl (C=O) groups excluding carboxylic acids is 1. The fraction of sp³-hybridized carbons (Fsp3) is 0.231. The molecule has 18 heavy (non-hydrogen) atoms. The summed E-state index contributed by atoms with van der Waals surface area (Å²) >= 11 is 0. The molecule has 0 saturated carbocycles. The first-order chi connectivity index (χ1) is 8.59. The van der Waals surface area contributed by atoms with Gasteiger partial charge >= 0.3 is 0 Å². The van der Waals surface area contributed by atoms with E-state index in [1.54, 1.807) is 30.5 Å². The Hall–Kier alpha value is -2.30. The average Bonchev–Trinajstić information content (AvgIpc) is 2.76. The fourth-order valence-corrected chi connectivity index (χ4v) is 1.84. The zero-order valence-electron chi connectivity index (χ0n) is 10.4. The number of amides is 1. The van der Waals surface area contributed by atoms with Crippen molar-refractivity contribution in [3.05, 3.63) is 48.0 Å². The van der Waals surface area contributed by atoms with E-state index in [9.17, 15) is 4.79 Å². The molecule has 1 heterocycles. The summed E-state index contributed by atoms with van der Waals surface area (Å²) < 4.78 is 1.87. The molecule has 0 aliphatic carbocycles. The van der Waals surface area contributed by atoms with Crippen molar-refractivity contribution in [3.63, 3.8) is 0 Å². The summed E-state index contributed by atoms with van der Waals surface area (Å²) in [4.78, 5) is 16.3. The highest BCUT2D eigenvalue weighted by molar-refractivity contribution is 5.99. The number of rotatable bonds is 3. The molecule has 5 nitrogen and oxygen atoms in total. The van der Waals surface area contributed by atoms with E-state index in [1.807, 2.05) is 24.7 Å². The second kappa shape index (κ2) is 4.91. The van der Waals surface area contributed by atoms with Gasteiger partial charge < -0.3 is 15.6 Å². The predicted octanol–water partition coefficient (Wildman–Crippen LogP) is 1.49. The molecule has 1 unspecified atom stereocenters. The third kappa shape index (κ3) is 2.34. The molecule has 1 aromatic carbocycles. The molecular weight excluding hydrogens is 228 g/mol. The summed E-state index contributed by atoms with van der Waals surface area (Å²) in [5.74, 6) is 0.612. The van der Waals surface area contributed by atoms with E-state index in [0.717, 1.165) is 5.82 Å². The molecule has 1 amide bonds. The molecule has 2 rings (SSSR count). The van der Waals surface area contributed by atoms with Crippen LogP contribution in [0.1, 0.15) is 29.1 Å². The van der Waals surface area contributed by atoms with E-state index >= 15 is 0 Å². The van der Waals surface area contributed by atoms with Crippen LogP contribution in [0, 0.1) is 0 Å². The van der Waals surface area contributed by atoms with Gasteiger partial charge in [-0.3, -0.25) is 4.79 Å². The molecule has 0 aliphatic rings. The van der Waals surface area contributed by atoms with E-state index in [-0.39, 0.29) is 11.9 Å². The van der Waals surface area contributed by atoms with Gasteiger partial charge in [-0.25, -0.2) is 4.98 Å². The van der Waals surface area contributed by atoms with Gasteiger partial charge in [-0.15, -0.1) is 0 Å². The molecule has 3 N–H and O–H groups in total. The molecule has 0 fully saturated rings. The Bertz CT molecular complexity index is 562. The maximum atomic E-state index is 12.1. The molecule has 0 saturated heterocycles. The molecular formula is C13H16N4O. The Balaban J connectivity index is 2.13. The molecule has 5 heteroatoms. The number of benzene rings is 1. The summed E-state index contributed by atoms with van der Waals surface area (Å²) in [6.07, 6.45) is 3.55. The number of nitrogens with two attached hydrogens (primary N) is 1. The van der Waals surface area contributed by atoms with Crippen LogP contribution in [0.15, 0.2) is 36.7 Å². The molecule has 1 atom stereocenters. The lowest BCUT2D eigenvalue weighted by Crippen LogP contribution is -2.28. The number of imidazole rings is 1. The third-order valence-electron chi connectivity index (χ3n) is 2.80. The summed E-state index contributed by atoms with van der Waals surface area (Å²) in [5.41, 5.74) is 6.72. The number of anilines is 1. The van der Waals surface area contributed by atoms with Crippen molar-refractivity contribution in [3.8, 4) is 0 Å². The lowest BCUT2D eigenvalue weighted by atomic mass is 10.1. The van der Waals surface area contributed by atoms with E-state index in [0.29, 0.717) is 11.3 Å². The minimum atomic E-state index is -0.191. The van der Waals surface area contributed by atoms with Crippen LogP contribution in [0.4, 0.5) is 5.69 Å². The van der Waals surface area contributed by atoms with E-state index in [1.165, 1.54) is 0 Å². The first kappa shape index (κ1) is 12.2. The summed E-state index contributed by atoms with van der Waals surface area (Å²) in [6, 6.07) is 6.83. The van der Waals surface area contributed by atoms with Gasteiger partial charge in [0.2, 0.25) is 0 Å². The Morgan fingerprint density at radius 3 is 2.78 bits per heavy atom. The van der Waals surface area contributed by atoms with Gasteiger partial charge in [0.25, 0.3) is 5.91 Å². The van der Waals surface area contributed by atoms with Gasteiger partial charge in [0.15, 0.2) is 0 Å². The standard InChI is InChI=1S/C13H16N4O/c1-9(12-15-7-8-17(12)2)16-13(18)10-5-3-4-6-11(10)14/h3-9H,14H2,1-2H3,(H,16,18). The highest BCUT2D eigenvalue weighted by atomic mass is 16.1. The fourth-order valence-electron chi connectivity index (χ4n) is 1.84. The first-order valence-electron chi connectivity index (χ1n) is 5.72. The van der Waals surface area contributed by atoms with E-state index in [4.69, 9.17) is 5.73 Å². The number of nitrogen functional groups attached to an aromatic ring is 1. The summed E-state index contributed by atoms with van der Waals surface area (Å²) in [6.45, 7) is 1.89. The van der Waals surface area contributed by atoms with Crippen molar-refractivity contribution in [1.82, 2.24) is 14.9 Å². The van der Waals surface area contributed by atoms with Gasteiger partial charge in [-0.1, -0.05) is 12.1 Å². The van der Waals surface area contributed by atoms with Gasteiger partial charge in [0.1, 0.15) is 5.82 Å². The van der Waals surface area contributed by atoms with Crippen LogP contribution in [-0.4, -0.2) is 15.5 Å². The van der Waals surface area contributed by atoms with Crippen LogP contribution in [0.25, 0.3) is 0 Å². The Kier molecular flexibility index (Phi) is 3.32. The maximum absolute atomic E-state index is 12.1. The van der Waals surface area contributed by atoms with Gasteiger partial charge in [-0.2, -0.15) is 0 Å². The largest absolute Gasteiger partial charge is 0.398 e. The lowest BCUT2D eigenvalue weighted by molar-refractivity contribution is 0.0938. The monoisotopic (exact) mass is 244 g/mol. The van der Waals surface area contributed by atoms with E-state index < -0.39 is 0 Å². The van der Waals surface area contributed by atoms with Crippen molar-refractivity contribution in [2.75, 3.05) is 5.73 Å². The average molecular weight is 244 g/mol. The number of aryl methyl sites for hydroxylation is 1. The van der Waals surface area contributed by atoms with Crippen molar-refractivity contribution in [1.29, 1.82) is 0 Å². The smallest absolute Gasteiger partial charge is 0.253 e. The number of nitrogens with zero attached hydrogens (tertiary/aromatic N) is 2. The second-order valence-electron chi connectivity index (χ2n) is 4.18. The van der Waals surface area contributed by atoms with Gasteiger partial charge in [0.05, 0.1) is 11.6 Å². The van der Waals surface area contributed by atoms with Crippen LogP contribution in [0.3, 0.4) is 0 Å². The number of hydrogen-bond donors (Lipinski definition) is 2. The highest BCUT2D eigenvalue weighted by Gasteiger charge is 2.15. The normalized spacial score (nSPS) is 12.1. The number of carbonyl (C=O) groups is 1. The summed E-state index contributed by atoms with van der Waals surface area (Å²) in [7, 11) is 1.89. The first-order valence-corrected chi connectivity index (χ1v) is 5.72. The van der Waals surface area contributed by atoms with Crippen LogP contribution >= 0.6 is 0 Å². The minimum Gasteiger partial charge on any atom is -0.398 e. The van der Waals surface area contributed by atoms with Crippen molar-refractivity contribution in [2.24, 2.45) is 7.05 Å². The van der Waals surface area contributed by atoms with Crippen LogP contribution in [0.5, 0.6) is 0 Å². The molecule has 0 radical (unpaired) electrons. The second-order valence-corrected chi connectivity index (χ2v) is 4.18. The Labute approximate surface area is 106 Å². The number of nitrogens with one attached hydrogen (secondary N) is 1. The molecule has 94 valence electrons. The minimum absolute atomic E-state index is 0.169. The van der Waals surface area contributed by atoms with Crippen molar-refractivity contribution < 1.29 is 4.79 Å². The van der Waals surface area contributed by atoms with Gasteiger partial charge in [-0.05, 0) is 19.1 Å². The molecule has 2 aromatic rings. The van der Waals surface area contributed by atoms with Gasteiger partial charge in [0, 0.05) is 25.1 Å². The van der Waals surface area contributed by atoms with Crippen molar-refractivity contribution in [2.45, 2.75) is 13.0 Å². The van der Waals surface area contributed by atoms with E-state index in [2.05, 4.69) is 10.3 Å². The Morgan fingerprint density at radius 2 is 2.17 bits per heavy atom. The third-order valence-corrected chi connectivity index (χ3v) is 2.80. The topological polar surface area (TPSA) is 72.9 Å². The highest BCUT2D eigenvalue weighted by Crippen LogP contribution is 2.13. The number of para-hydroxylation sites is 1. The zero-order chi connectivity index (χ0) is 13.1. The van der Waals surface area contributed by atoms with Crippen molar-refractivity contribution >= 4 is 11.6 Å². The summed E-state index contributed by atoms with van der Waals surface area (Å²) in [5, 5.41) is 2.88. The SMILES string of the molecule is CC(NC(=O)c1ccccc1N)c1nccn1C. The molecule has 0 spiro atoms. The lowest BCUT2D eigenvalue weighted by Gasteiger charge is -2.14. The maximum Gasteiger partial charge on any atom is 0.253 e. The molecule has 1 aromatic heterocycles. The quantitative estimate of drug-likeness (QED) is 0.803. The van der Waals surface area contributed by atoms with Crippen LogP contribution in [-0.2, 0) is 7.05 Å². The predicted molar refractivity (Wildman–Crippen MR) is 69.9 cm³/mol.